The summed E-state index contributed by atoms with van der Waals surface area (Å²) in [6.45, 7) is 3.76. The van der Waals surface area contributed by atoms with Crippen molar-refractivity contribution in [1.82, 2.24) is 5.32 Å². The molecule has 6 heteroatoms. The zero-order chi connectivity index (χ0) is 13.4. The number of hydrogen-bond donors (Lipinski definition) is 3. The van der Waals surface area contributed by atoms with Gasteiger partial charge in [-0.2, -0.15) is 0 Å². The van der Waals surface area contributed by atoms with Gasteiger partial charge in [0.25, 0.3) is 0 Å². The number of aliphatic carboxylic acids is 1. The van der Waals surface area contributed by atoms with Crippen LogP contribution in [0.4, 0.5) is 0 Å². The highest BCUT2D eigenvalue weighted by molar-refractivity contribution is 5.84. The van der Waals surface area contributed by atoms with E-state index in [4.69, 9.17) is 10.8 Å². The lowest BCUT2D eigenvalue weighted by atomic mass is 9.99. The van der Waals surface area contributed by atoms with Crippen LogP contribution in [0.2, 0.25) is 0 Å². The van der Waals surface area contributed by atoms with Crippen LogP contribution in [0.5, 0.6) is 0 Å². The summed E-state index contributed by atoms with van der Waals surface area (Å²) >= 11 is 0. The first-order valence-electron chi connectivity index (χ1n) is 5.65. The van der Waals surface area contributed by atoms with E-state index < -0.39 is 24.0 Å². The smallest absolute Gasteiger partial charge is 0.303 e. The van der Waals surface area contributed by atoms with Gasteiger partial charge in [0.1, 0.15) is 6.29 Å². The van der Waals surface area contributed by atoms with Crippen molar-refractivity contribution >= 4 is 18.2 Å². The molecule has 0 aromatic rings. The molecule has 98 valence electrons. The maximum Gasteiger partial charge on any atom is 0.303 e. The summed E-state index contributed by atoms with van der Waals surface area (Å²) in [5.74, 6) is -1.40. The standard InChI is InChI=1S/C11H20N2O4/c1-3-7(2)10(12)11(17)13-8(6-14)4-5-9(15)16/h6-8,10H,3-5,12H2,1-2H3,(H,13,17)(H,15,16)/t7-,8-,10-/m0/s1. The highest BCUT2D eigenvalue weighted by Gasteiger charge is 2.22. The Hall–Kier alpha value is -1.43. The first kappa shape index (κ1) is 15.6. The molecule has 6 nitrogen and oxygen atoms in total. The number of nitrogens with two attached hydrogens (primary N) is 1. The molecule has 0 saturated heterocycles. The van der Waals surface area contributed by atoms with Crippen LogP contribution >= 0.6 is 0 Å². The predicted octanol–water partition coefficient (Wildman–Crippen LogP) is -0.0917. The third-order valence-electron chi connectivity index (χ3n) is 2.72. The Morgan fingerprint density at radius 2 is 2.06 bits per heavy atom. The number of nitrogens with one attached hydrogen (secondary N) is 1. The van der Waals surface area contributed by atoms with E-state index in [-0.39, 0.29) is 18.8 Å². The lowest BCUT2D eigenvalue weighted by Gasteiger charge is -2.20. The number of aldehydes is 1. The molecule has 0 aliphatic heterocycles. The lowest BCUT2D eigenvalue weighted by molar-refractivity contribution is -0.137. The molecule has 0 aliphatic carbocycles. The van der Waals surface area contributed by atoms with Gasteiger partial charge in [-0.25, -0.2) is 0 Å². The van der Waals surface area contributed by atoms with Crippen LogP contribution in [-0.2, 0) is 14.4 Å². The second kappa shape index (κ2) is 7.78. The van der Waals surface area contributed by atoms with E-state index >= 15 is 0 Å². The fraction of sp³-hybridized carbons (Fsp3) is 0.727. The second-order valence-electron chi connectivity index (χ2n) is 4.09. The minimum atomic E-state index is -1.00. The molecule has 0 heterocycles. The third kappa shape index (κ3) is 6.01. The van der Waals surface area contributed by atoms with Crippen molar-refractivity contribution in [3.05, 3.63) is 0 Å². The van der Waals surface area contributed by atoms with Crippen molar-refractivity contribution < 1.29 is 19.5 Å². The van der Waals surface area contributed by atoms with Crippen molar-refractivity contribution in [2.45, 2.75) is 45.2 Å². The van der Waals surface area contributed by atoms with E-state index in [9.17, 15) is 14.4 Å². The largest absolute Gasteiger partial charge is 0.481 e. The first-order chi connectivity index (χ1) is 7.92. The van der Waals surface area contributed by atoms with Crippen molar-refractivity contribution in [3.8, 4) is 0 Å². The molecule has 4 N–H and O–H groups in total. The van der Waals surface area contributed by atoms with E-state index in [1.165, 1.54) is 0 Å². The number of carboxylic acid groups (broad SMARTS) is 1. The summed E-state index contributed by atoms with van der Waals surface area (Å²) in [5.41, 5.74) is 5.69. The Bertz CT molecular complexity index is 281. The van der Waals surface area contributed by atoms with Crippen LogP contribution < -0.4 is 11.1 Å². The van der Waals surface area contributed by atoms with Crippen molar-refractivity contribution in [2.24, 2.45) is 11.7 Å². The van der Waals surface area contributed by atoms with Gasteiger partial charge < -0.3 is 21.0 Å². The highest BCUT2D eigenvalue weighted by Crippen LogP contribution is 2.06. The summed E-state index contributed by atoms with van der Waals surface area (Å²) < 4.78 is 0. The summed E-state index contributed by atoms with van der Waals surface area (Å²) in [5, 5.41) is 10.9. The average Bonchev–Trinajstić information content (AvgIpc) is 2.31. The van der Waals surface area contributed by atoms with Crippen LogP contribution in [0.25, 0.3) is 0 Å². The summed E-state index contributed by atoms with van der Waals surface area (Å²) in [7, 11) is 0. The average molecular weight is 244 g/mol. The van der Waals surface area contributed by atoms with Crippen LogP contribution in [0.15, 0.2) is 0 Å². The number of amides is 1. The normalized spacial score (nSPS) is 15.7. The van der Waals surface area contributed by atoms with E-state index in [2.05, 4.69) is 5.32 Å². The monoisotopic (exact) mass is 244 g/mol. The van der Waals surface area contributed by atoms with E-state index in [1.807, 2.05) is 13.8 Å². The van der Waals surface area contributed by atoms with E-state index in [1.54, 1.807) is 0 Å². The molecule has 0 fully saturated rings. The molecule has 0 bridgehead atoms. The predicted molar refractivity (Wildman–Crippen MR) is 62.3 cm³/mol. The van der Waals surface area contributed by atoms with Crippen molar-refractivity contribution in [3.63, 3.8) is 0 Å². The Morgan fingerprint density at radius 1 is 1.47 bits per heavy atom. The fourth-order valence-corrected chi connectivity index (χ4v) is 1.24. The molecule has 0 aliphatic rings. The van der Waals surface area contributed by atoms with Crippen LogP contribution in [0.1, 0.15) is 33.1 Å². The van der Waals surface area contributed by atoms with E-state index in [0.717, 1.165) is 6.42 Å². The van der Waals surface area contributed by atoms with Crippen LogP contribution in [-0.4, -0.2) is 35.4 Å². The minimum Gasteiger partial charge on any atom is -0.481 e. The molecular formula is C11H20N2O4. The topological polar surface area (TPSA) is 109 Å². The molecule has 0 spiro atoms. The van der Waals surface area contributed by atoms with Gasteiger partial charge in [-0.05, 0) is 12.3 Å². The zero-order valence-corrected chi connectivity index (χ0v) is 10.2. The number of hydrogen-bond acceptors (Lipinski definition) is 4. The number of rotatable bonds is 8. The first-order valence-corrected chi connectivity index (χ1v) is 5.65. The van der Waals surface area contributed by atoms with Crippen LogP contribution in [0.3, 0.4) is 0 Å². The maximum atomic E-state index is 11.6. The van der Waals surface area contributed by atoms with Gasteiger partial charge in [-0.1, -0.05) is 20.3 Å². The van der Waals surface area contributed by atoms with Gasteiger partial charge in [0, 0.05) is 6.42 Å². The summed E-state index contributed by atoms with van der Waals surface area (Å²) in [4.78, 5) is 32.6. The molecule has 17 heavy (non-hydrogen) atoms. The minimum absolute atomic E-state index is 0.0155. The molecule has 0 aromatic heterocycles. The van der Waals surface area contributed by atoms with Gasteiger partial charge in [0.05, 0.1) is 12.1 Å². The second-order valence-corrected chi connectivity index (χ2v) is 4.09. The molecule has 3 atom stereocenters. The van der Waals surface area contributed by atoms with Crippen molar-refractivity contribution in [2.75, 3.05) is 0 Å². The number of carboxylic acids is 1. The maximum absolute atomic E-state index is 11.6. The lowest BCUT2D eigenvalue weighted by Crippen LogP contribution is -2.48. The quantitative estimate of drug-likeness (QED) is 0.517. The molecular weight excluding hydrogens is 224 g/mol. The van der Waals surface area contributed by atoms with Gasteiger partial charge in [-0.3, -0.25) is 9.59 Å². The van der Waals surface area contributed by atoms with Crippen molar-refractivity contribution in [1.29, 1.82) is 0 Å². The van der Waals surface area contributed by atoms with Gasteiger partial charge >= 0.3 is 5.97 Å². The number of carbonyl (C=O) groups is 3. The molecule has 0 rings (SSSR count). The summed E-state index contributed by atoms with van der Waals surface area (Å²) in [6.07, 6.45) is 1.21. The van der Waals surface area contributed by atoms with Gasteiger partial charge in [-0.15, -0.1) is 0 Å². The molecule has 0 unspecified atom stereocenters. The Morgan fingerprint density at radius 3 is 2.47 bits per heavy atom. The van der Waals surface area contributed by atoms with Gasteiger partial charge in [0.2, 0.25) is 5.91 Å². The molecule has 0 saturated carbocycles. The summed E-state index contributed by atoms with van der Waals surface area (Å²) in [6, 6.07) is -1.46. The van der Waals surface area contributed by atoms with Crippen LogP contribution in [0, 0.1) is 5.92 Å². The third-order valence-corrected chi connectivity index (χ3v) is 2.72. The molecule has 0 radical (unpaired) electrons. The Kier molecular flexibility index (Phi) is 7.13. The highest BCUT2D eigenvalue weighted by atomic mass is 16.4. The Labute approximate surface area is 101 Å². The molecule has 1 amide bonds. The molecule has 0 aromatic carbocycles. The zero-order valence-electron chi connectivity index (χ0n) is 10.2. The Balaban J connectivity index is 4.22. The SMILES string of the molecule is CC[C@H](C)[C@H](N)C(=O)N[C@H](C=O)CCC(=O)O. The fourth-order valence-electron chi connectivity index (χ4n) is 1.24. The number of carbonyl (C=O) groups excluding carboxylic acids is 2. The van der Waals surface area contributed by atoms with E-state index in [0.29, 0.717) is 6.29 Å². The van der Waals surface area contributed by atoms with Gasteiger partial charge in [0.15, 0.2) is 0 Å².